The third kappa shape index (κ3) is 5.18. The third-order valence-electron chi connectivity index (χ3n) is 8.86. The summed E-state index contributed by atoms with van der Waals surface area (Å²) in [5.41, 5.74) is 3.76. The van der Waals surface area contributed by atoms with Crippen molar-refractivity contribution >= 4 is 40.0 Å². The summed E-state index contributed by atoms with van der Waals surface area (Å²) in [7, 11) is 1.55. The van der Waals surface area contributed by atoms with Crippen molar-refractivity contribution in [2.24, 2.45) is 5.92 Å². The van der Waals surface area contributed by atoms with Gasteiger partial charge in [0.25, 0.3) is 5.91 Å². The second kappa shape index (κ2) is 11.1. The standard InChI is InChI=1S/C31H33N9O3/c1-32-31(43)28-25-13-21(5-8-26(25)36-37-28)35-30(42)20-9-12-38(15-20)18-27(41)40-17-23-14-24(40)16-39(23)22-6-3-19(4-7-22)29-33-10-2-11-34-29/h2-8,10-11,13,20,23-24H,9,12,14-18H2,1H3,(H,32,43)(H,35,42)(H,36,37)/t20-,23-,24-/m1/s1. The third-order valence-corrected chi connectivity index (χ3v) is 8.86. The van der Waals surface area contributed by atoms with Gasteiger partial charge in [-0.2, -0.15) is 5.10 Å². The second-order valence-corrected chi connectivity index (χ2v) is 11.5. The van der Waals surface area contributed by atoms with Crippen LogP contribution in [-0.2, 0) is 9.59 Å². The zero-order chi connectivity index (χ0) is 29.5. The molecule has 12 nitrogen and oxygen atoms in total. The molecule has 3 amide bonds. The molecule has 5 heterocycles. The lowest BCUT2D eigenvalue weighted by Gasteiger charge is -2.36. The minimum Gasteiger partial charge on any atom is -0.365 e. The van der Waals surface area contributed by atoms with Crippen molar-refractivity contribution < 1.29 is 14.4 Å². The number of H-pyrrole nitrogens is 1. The summed E-state index contributed by atoms with van der Waals surface area (Å²) in [6.45, 7) is 3.12. The topological polar surface area (TPSA) is 139 Å². The Labute approximate surface area is 248 Å². The zero-order valence-electron chi connectivity index (χ0n) is 23.9. The Morgan fingerprint density at radius 3 is 2.56 bits per heavy atom. The number of aromatic nitrogens is 4. The minimum absolute atomic E-state index is 0.0833. The number of likely N-dealkylation sites (tertiary alicyclic amines) is 2. The number of aromatic amines is 1. The number of piperazine rings is 1. The van der Waals surface area contributed by atoms with Gasteiger partial charge >= 0.3 is 0 Å². The quantitative estimate of drug-likeness (QED) is 0.303. The maximum Gasteiger partial charge on any atom is 0.272 e. The van der Waals surface area contributed by atoms with Gasteiger partial charge in [0.15, 0.2) is 11.5 Å². The van der Waals surface area contributed by atoms with E-state index < -0.39 is 0 Å². The van der Waals surface area contributed by atoms with Gasteiger partial charge in [-0.25, -0.2) is 9.97 Å². The molecule has 2 bridgehead atoms. The Morgan fingerprint density at radius 1 is 1.00 bits per heavy atom. The van der Waals surface area contributed by atoms with E-state index in [0.717, 1.165) is 36.3 Å². The molecule has 2 aromatic heterocycles. The number of amides is 3. The molecule has 2 aromatic carbocycles. The van der Waals surface area contributed by atoms with Crippen molar-refractivity contribution in [1.29, 1.82) is 0 Å². The number of fused-ring (bicyclic) bond motifs is 3. The van der Waals surface area contributed by atoms with E-state index in [1.807, 2.05) is 11.0 Å². The van der Waals surface area contributed by atoms with Crippen molar-refractivity contribution in [3.05, 3.63) is 66.6 Å². The molecule has 0 unspecified atom stereocenters. The van der Waals surface area contributed by atoms with Gasteiger partial charge in [0.1, 0.15) is 0 Å². The summed E-state index contributed by atoms with van der Waals surface area (Å²) in [6.07, 6.45) is 5.16. The van der Waals surface area contributed by atoms with Crippen LogP contribution in [-0.4, -0.2) is 99.5 Å². The summed E-state index contributed by atoms with van der Waals surface area (Å²) >= 11 is 0. The Kier molecular flexibility index (Phi) is 6.98. The molecule has 3 aliphatic rings. The van der Waals surface area contributed by atoms with Crippen LogP contribution in [0.5, 0.6) is 0 Å². The Balaban J connectivity index is 0.915. The monoisotopic (exact) mass is 579 g/mol. The largest absolute Gasteiger partial charge is 0.365 e. The predicted molar refractivity (Wildman–Crippen MR) is 161 cm³/mol. The molecule has 3 saturated heterocycles. The molecular formula is C31H33N9O3. The first-order valence-electron chi connectivity index (χ1n) is 14.6. The van der Waals surface area contributed by atoms with Gasteiger partial charge in [0.2, 0.25) is 11.8 Å². The number of carbonyl (C=O) groups excluding carboxylic acids is 3. The molecule has 43 heavy (non-hydrogen) atoms. The fourth-order valence-corrected chi connectivity index (χ4v) is 6.64. The molecule has 0 aliphatic carbocycles. The fraction of sp³-hybridized carbons (Fsp3) is 0.355. The van der Waals surface area contributed by atoms with Crippen molar-refractivity contribution in [2.45, 2.75) is 24.9 Å². The van der Waals surface area contributed by atoms with Crippen LogP contribution in [0, 0.1) is 5.92 Å². The molecule has 3 atom stereocenters. The minimum atomic E-state index is -0.294. The Hall–Kier alpha value is -4.84. The lowest BCUT2D eigenvalue weighted by Crippen LogP contribution is -2.51. The van der Waals surface area contributed by atoms with Crippen LogP contribution in [0.1, 0.15) is 23.3 Å². The van der Waals surface area contributed by atoms with Gasteiger partial charge in [0.05, 0.1) is 24.0 Å². The number of nitrogens with one attached hydrogen (secondary N) is 3. The van der Waals surface area contributed by atoms with Crippen molar-refractivity contribution in [1.82, 2.24) is 35.3 Å². The lowest BCUT2D eigenvalue weighted by molar-refractivity contribution is -0.133. The van der Waals surface area contributed by atoms with Crippen LogP contribution >= 0.6 is 0 Å². The van der Waals surface area contributed by atoms with Crippen LogP contribution in [0.3, 0.4) is 0 Å². The summed E-state index contributed by atoms with van der Waals surface area (Å²) in [6, 6.07) is 16.0. The normalized spacial score (nSPS) is 21.5. The SMILES string of the molecule is CNC(=O)c1n[nH]c2ccc(NC(=O)[C@@H]3CCN(CC(=O)N4C[C@H]5C[C@@H]4CN5c4ccc(-c5ncccn5)cc4)C3)cc12. The molecule has 0 spiro atoms. The molecule has 0 saturated carbocycles. The summed E-state index contributed by atoms with van der Waals surface area (Å²) in [5, 5.41) is 13.1. The average molecular weight is 580 g/mol. The van der Waals surface area contributed by atoms with Crippen LogP contribution in [0.15, 0.2) is 60.9 Å². The summed E-state index contributed by atoms with van der Waals surface area (Å²) in [5.74, 6) is 0.262. The molecular weight excluding hydrogens is 546 g/mol. The van der Waals surface area contributed by atoms with Gasteiger partial charge in [-0.1, -0.05) is 0 Å². The first-order chi connectivity index (χ1) is 21.0. The number of anilines is 2. The first kappa shape index (κ1) is 27.0. The van der Waals surface area contributed by atoms with Gasteiger partial charge in [-0.3, -0.25) is 24.4 Å². The number of rotatable bonds is 7. The van der Waals surface area contributed by atoms with Crippen molar-refractivity contribution in [3.8, 4) is 11.4 Å². The maximum absolute atomic E-state index is 13.3. The summed E-state index contributed by atoms with van der Waals surface area (Å²) < 4.78 is 0. The second-order valence-electron chi connectivity index (χ2n) is 11.5. The average Bonchev–Trinajstić information content (AvgIpc) is 3.85. The van der Waals surface area contributed by atoms with E-state index in [0.29, 0.717) is 49.0 Å². The molecule has 220 valence electrons. The van der Waals surface area contributed by atoms with Gasteiger partial charge in [-0.05, 0) is 67.9 Å². The highest BCUT2D eigenvalue weighted by Crippen LogP contribution is 2.35. The summed E-state index contributed by atoms with van der Waals surface area (Å²) in [4.78, 5) is 53.7. The van der Waals surface area contributed by atoms with Crippen molar-refractivity contribution in [2.75, 3.05) is 50.0 Å². The van der Waals surface area contributed by atoms with E-state index in [-0.39, 0.29) is 35.4 Å². The molecule has 3 N–H and O–H groups in total. The fourth-order valence-electron chi connectivity index (χ4n) is 6.64. The molecule has 0 radical (unpaired) electrons. The molecule has 3 fully saturated rings. The van der Waals surface area contributed by atoms with Crippen LogP contribution in [0.2, 0.25) is 0 Å². The number of benzene rings is 2. The number of hydrogen-bond donors (Lipinski definition) is 3. The molecule has 7 rings (SSSR count). The zero-order valence-corrected chi connectivity index (χ0v) is 23.9. The maximum atomic E-state index is 13.3. The van der Waals surface area contributed by atoms with E-state index >= 15 is 0 Å². The van der Waals surface area contributed by atoms with Gasteiger partial charge in [-0.15, -0.1) is 0 Å². The van der Waals surface area contributed by atoms with Gasteiger partial charge in [0, 0.05) is 67.4 Å². The molecule has 4 aromatic rings. The molecule has 12 heteroatoms. The van der Waals surface area contributed by atoms with Crippen molar-refractivity contribution in [3.63, 3.8) is 0 Å². The number of carbonyl (C=O) groups is 3. The Morgan fingerprint density at radius 2 is 1.81 bits per heavy atom. The lowest BCUT2D eigenvalue weighted by atomic mass is 10.1. The molecule has 3 aliphatic heterocycles. The smallest absolute Gasteiger partial charge is 0.272 e. The van der Waals surface area contributed by atoms with Crippen LogP contribution in [0.4, 0.5) is 11.4 Å². The van der Waals surface area contributed by atoms with E-state index in [1.165, 1.54) is 0 Å². The van der Waals surface area contributed by atoms with Crippen LogP contribution in [0.25, 0.3) is 22.3 Å². The van der Waals surface area contributed by atoms with Gasteiger partial charge < -0.3 is 20.4 Å². The highest BCUT2D eigenvalue weighted by atomic mass is 16.2. The highest BCUT2D eigenvalue weighted by molar-refractivity contribution is 6.06. The number of hydrogen-bond acceptors (Lipinski definition) is 8. The first-order valence-corrected chi connectivity index (χ1v) is 14.6. The van der Waals surface area contributed by atoms with E-state index in [9.17, 15) is 14.4 Å². The Bertz CT molecular complexity index is 1670. The van der Waals surface area contributed by atoms with E-state index in [4.69, 9.17) is 0 Å². The van der Waals surface area contributed by atoms with Crippen LogP contribution < -0.4 is 15.5 Å². The highest BCUT2D eigenvalue weighted by Gasteiger charge is 2.45. The van der Waals surface area contributed by atoms with E-state index in [2.05, 4.69) is 64.9 Å². The number of nitrogens with zero attached hydrogens (tertiary/aromatic N) is 6. The van der Waals surface area contributed by atoms with E-state index in [1.54, 1.807) is 37.6 Å². The predicted octanol–water partition coefficient (Wildman–Crippen LogP) is 2.13.